The van der Waals surface area contributed by atoms with Gasteiger partial charge in [0.1, 0.15) is 11.5 Å². The molecule has 0 amide bonds. The molecule has 6 nitrogen and oxygen atoms in total. The van der Waals surface area contributed by atoms with Crippen LogP contribution < -0.4 is 4.74 Å². The highest BCUT2D eigenvalue weighted by Crippen LogP contribution is 2.48. The Labute approximate surface area is 262 Å². The van der Waals surface area contributed by atoms with Gasteiger partial charge in [0.05, 0.1) is 0 Å². The van der Waals surface area contributed by atoms with E-state index in [1.54, 1.807) is 30.3 Å². The third kappa shape index (κ3) is 8.70. The molecule has 0 aromatic heterocycles. The number of aliphatic carboxylic acids is 1. The Morgan fingerprint density at radius 2 is 1.51 bits per heavy atom. The first-order chi connectivity index (χ1) is 19.6. The second-order valence-corrected chi connectivity index (χ2v) is 24.5. The number of Topliss-reactive ketones (excluding diaryl/α,β-unsaturated/α-hetero) is 1. The third-order valence-corrected chi connectivity index (χ3v) is 18.5. The van der Waals surface area contributed by atoms with Crippen LogP contribution in [0.3, 0.4) is 0 Å². The van der Waals surface area contributed by atoms with E-state index in [0.717, 1.165) is 12.8 Å². The Bertz CT molecular complexity index is 1170. The summed E-state index contributed by atoms with van der Waals surface area (Å²) in [5, 5.41) is 10.4. The number of para-hydroxylation sites is 1. The van der Waals surface area contributed by atoms with E-state index in [9.17, 15) is 14.7 Å². The topological polar surface area (TPSA) is 82.1 Å². The van der Waals surface area contributed by atoms with Crippen LogP contribution in [0.25, 0.3) is 0 Å². The maximum Gasteiger partial charge on any atom is 0.353 e. The fourth-order valence-electron chi connectivity index (χ4n) is 4.61. The van der Waals surface area contributed by atoms with E-state index in [0.29, 0.717) is 18.6 Å². The van der Waals surface area contributed by atoms with Crippen molar-refractivity contribution in [1.29, 1.82) is 0 Å². The molecule has 3 atom stereocenters. The fourth-order valence-corrected chi connectivity index (χ4v) is 7.41. The summed E-state index contributed by atoms with van der Waals surface area (Å²) in [4.78, 5) is 26.2. The Hall–Kier alpha value is -2.23. The number of ether oxygens (including phenoxy) is 1. The maximum atomic E-state index is 13.4. The summed E-state index contributed by atoms with van der Waals surface area (Å²) in [7, 11) is -5.38. The van der Waals surface area contributed by atoms with Crippen LogP contribution in [0.4, 0.5) is 0 Å². The molecule has 1 aromatic rings. The molecule has 0 spiro atoms. The van der Waals surface area contributed by atoms with Gasteiger partial charge in [0.2, 0.25) is 5.79 Å². The van der Waals surface area contributed by atoms with E-state index >= 15 is 0 Å². The van der Waals surface area contributed by atoms with Crippen molar-refractivity contribution < 1.29 is 28.3 Å². The zero-order valence-electron chi connectivity index (χ0n) is 28.7. The van der Waals surface area contributed by atoms with Crippen molar-refractivity contribution in [1.82, 2.24) is 0 Å². The molecule has 0 radical (unpaired) electrons. The lowest BCUT2D eigenvalue weighted by atomic mass is 9.91. The molecule has 1 saturated carbocycles. The van der Waals surface area contributed by atoms with E-state index in [4.69, 9.17) is 13.6 Å². The van der Waals surface area contributed by atoms with Crippen molar-refractivity contribution in [3.05, 3.63) is 60.4 Å². The van der Waals surface area contributed by atoms with Gasteiger partial charge in [-0.25, -0.2) is 4.79 Å². The molecule has 0 heterocycles. The molecule has 240 valence electrons. The van der Waals surface area contributed by atoms with Gasteiger partial charge in [-0.15, -0.1) is 5.73 Å². The summed E-state index contributed by atoms with van der Waals surface area (Å²) in [6.45, 7) is 24.6. The molecule has 2 rings (SSSR count). The zero-order chi connectivity index (χ0) is 32.9. The van der Waals surface area contributed by atoms with Crippen LogP contribution in [0.15, 0.2) is 60.4 Å². The molecule has 43 heavy (non-hydrogen) atoms. The van der Waals surface area contributed by atoms with Crippen molar-refractivity contribution in [3.63, 3.8) is 0 Å². The van der Waals surface area contributed by atoms with E-state index in [1.807, 2.05) is 12.1 Å². The summed E-state index contributed by atoms with van der Waals surface area (Å²) in [5.41, 5.74) is 1.29. The van der Waals surface area contributed by atoms with Gasteiger partial charge < -0.3 is 18.7 Å². The van der Waals surface area contributed by atoms with Crippen LogP contribution in [-0.4, -0.2) is 44.9 Å². The molecule has 0 bridgehead atoms. The van der Waals surface area contributed by atoms with Gasteiger partial charge in [-0.2, -0.15) is 0 Å². The smallest absolute Gasteiger partial charge is 0.353 e. The number of carbonyl (C=O) groups is 2. The number of carbonyl (C=O) groups excluding carboxylic acids is 1. The minimum atomic E-state index is -2.69. The van der Waals surface area contributed by atoms with Gasteiger partial charge in [-0.1, -0.05) is 78.8 Å². The number of ketones is 1. The number of allylic oxidation sites excluding steroid dienone is 2. The van der Waals surface area contributed by atoms with Crippen LogP contribution >= 0.6 is 0 Å². The van der Waals surface area contributed by atoms with Crippen LogP contribution in [0.5, 0.6) is 5.75 Å². The number of hydrogen-bond donors (Lipinski definition) is 1. The molecule has 8 heteroatoms. The molecular formula is C35H56O6Si2. The average molecular weight is 629 g/mol. The molecule has 1 aliphatic rings. The molecule has 1 unspecified atom stereocenters. The number of carboxylic acids is 1. The molecule has 1 aliphatic carbocycles. The lowest BCUT2D eigenvalue weighted by molar-refractivity contribution is -0.217. The minimum Gasteiger partial charge on any atom is -0.478 e. The van der Waals surface area contributed by atoms with Gasteiger partial charge in [0.25, 0.3) is 5.60 Å². The predicted octanol–water partition coefficient (Wildman–Crippen LogP) is 9.31. The van der Waals surface area contributed by atoms with Gasteiger partial charge in [0, 0.05) is 18.4 Å². The average Bonchev–Trinajstić information content (AvgIpc) is 3.22. The number of rotatable bonds is 13. The Balaban J connectivity index is 2.82. The summed E-state index contributed by atoms with van der Waals surface area (Å²) >= 11 is 0. The summed E-state index contributed by atoms with van der Waals surface area (Å²) in [5.74, 6) is -2.29. The van der Waals surface area contributed by atoms with Gasteiger partial charge in [-0.3, -0.25) is 4.79 Å². The van der Waals surface area contributed by atoms with Gasteiger partial charge in [-0.05, 0) is 86.6 Å². The first-order valence-electron chi connectivity index (χ1n) is 15.6. The van der Waals surface area contributed by atoms with Crippen molar-refractivity contribution >= 4 is 28.4 Å². The van der Waals surface area contributed by atoms with E-state index in [-0.39, 0.29) is 27.7 Å². The van der Waals surface area contributed by atoms with Crippen LogP contribution in [0.1, 0.15) is 81.1 Å². The molecule has 1 N–H and O–H groups in total. The highest BCUT2D eigenvalue weighted by Gasteiger charge is 2.63. The monoisotopic (exact) mass is 628 g/mol. The molecular weight excluding hydrogens is 573 g/mol. The number of hydrogen-bond acceptors (Lipinski definition) is 5. The largest absolute Gasteiger partial charge is 0.478 e. The van der Waals surface area contributed by atoms with E-state index < -0.39 is 34.0 Å². The third-order valence-electron chi connectivity index (χ3n) is 9.60. The van der Waals surface area contributed by atoms with Crippen molar-refractivity contribution in [3.8, 4) is 5.75 Å². The van der Waals surface area contributed by atoms with Crippen LogP contribution in [0, 0.1) is 11.8 Å². The Morgan fingerprint density at radius 1 is 0.977 bits per heavy atom. The Kier molecular flexibility index (Phi) is 11.9. The summed E-state index contributed by atoms with van der Waals surface area (Å²) in [6.07, 6.45) is 10.6. The van der Waals surface area contributed by atoms with Crippen molar-refractivity contribution in [2.75, 3.05) is 0 Å². The second-order valence-electron chi connectivity index (χ2n) is 15.0. The minimum absolute atomic E-state index is 0.118. The zero-order valence-corrected chi connectivity index (χ0v) is 30.7. The highest BCUT2D eigenvalue weighted by atomic mass is 28.4. The summed E-state index contributed by atoms with van der Waals surface area (Å²) in [6, 6.07) is 8.94. The standard InChI is InChI=1S/C35H56O6Si2/c1-13-14-20-27-24-25-30(36)29(27)23-18-19-26-35(40-42(9,10)32(2,3)4,41-43(11,12)33(5,6)7)34(8,31(37)38)39-28-21-16-15-17-22-28/h14-18,20-22,26-27,29H,13,23-25H2,1-12H3,(H,37,38)/b20-14+/t19?,27-,29+,34?/m0/s1/i40+0,41+0. The highest BCUT2D eigenvalue weighted by molar-refractivity contribution is 6.75. The van der Waals surface area contributed by atoms with Crippen molar-refractivity contribution in [2.45, 2.75) is 129 Å². The molecule has 0 aliphatic heterocycles. The number of benzene rings is 1. The molecule has 0 saturated heterocycles. The van der Waals surface area contributed by atoms with E-state index in [1.165, 1.54) is 6.92 Å². The van der Waals surface area contributed by atoms with Crippen LogP contribution in [0.2, 0.25) is 36.3 Å². The molecule has 1 fully saturated rings. The van der Waals surface area contributed by atoms with E-state index in [2.05, 4.69) is 92.5 Å². The quantitative estimate of drug-likeness (QED) is 0.101. The summed E-state index contributed by atoms with van der Waals surface area (Å²) < 4.78 is 20.6. The predicted molar refractivity (Wildman–Crippen MR) is 180 cm³/mol. The normalized spacial score (nSPS) is 20.0. The van der Waals surface area contributed by atoms with Gasteiger partial charge in [0.15, 0.2) is 16.6 Å². The van der Waals surface area contributed by atoms with Crippen molar-refractivity contribution in [2.24, 2.45) is 11.8 Å². The SMILES string of the molecule is CC/C=C/[C@H]1CCC(=O)[C@@H]1CC=C=CC([16O][Si](C)(C)C(C)(C)C)([16O][Si](C)(C)C(C)(C)C)C(C)(Oc1ccccc1)C(=O)O. The first-order valence-corrected chi connectivity index (χ1v) is 21.4. The second kappa shape index (κ2) is 13.8. The maximum absolute atomic E-state index is 13.4. The fraction of sp³-hybridized carbons (Fsp3) is 0.629. The lowest BCUT2D eigenvalue weighted by Crippen LogP contribution is -2.69. The molecule has 1 aromatic carbocycles. The van der Waals surface area contributed by atoms with Crippen LogP contribution in [-0.2, 0) is 18.4 Å². The lowest BCUT2D eigenvalue weighted by Gasteiger charge is -2.53. The number of carboxylic acid groups (broad SMARTS) is 1. The Morgan fingerprint density at radius 3 is 1.98 bits per heavy atom. The van der Waals surface area contributed by atoms with Gasteiger partial charge >= 0.3 is 5.97 Å². The first kappa shape index (κ1) is 37.0.